The minimum atomic E-state index is 0.0930. The Morgan fingerprint density at radius 1 is 1.47 bits per heavy atom. The normalized spacial score (nSPS) is 12.7. The van der Waals surface area contributed by atoms with Crippen LogP contribution in [0.15, 0.2) is 23.1 Å². The Morgan fingerprint density at radius 3 is 3.00 bits per heavy atom. The zero-order chi connectivity index (χ0) is 10.7. The summed E-state index contributed by atoms with van der Waals surface area (Å²) in [5.41, 5.74) is 0.614. The van der Waals surface area contributed by atoms with Gasteiger partial charge in [0.05, 0.1) is 11.0 Å². The third-order valence-electron chi connectivity index (χ3n) is 1.86. The molecule has 2 aromatic rings. The van der Waals surface area contributed by atoms with Gasteiger partial charge in [0.15, 0.2) is 0 Å². The number of halogens is 1. The summed E-state index contributed by atoms with van der Waals surface area (Å²) in [6.07, 6.45) is 5.69. The summed E-state index contributed by atoms with van der Waals surface area (Å²) in [4.78, 5) is 12.3. The van der Waals surface area contributed by atoms with Crippen LogP contribution in [0.1, 0.15) is 24.1 Å². The molecule has 0 aliphatic rings. The molecule has 1 unspecified atom stereocenters. The number of rotatable bonds is 3. The van der Waals surface area contributed by atoms with E-state index in [0.717, 1.165) is 6.42 Å². The zero-order valence-electron chi connectivity index (χ0n) is 8.09. The van der Waals surface area contributed by atoms with Crippen LogP contribution in [0.5, 0.6) is 0 Å². The van der Waals surface area contributed by atoms with Gasteiger partial charge >= 0.3 is 0 Å². The van der Waals surface area contributed by atoms with Crippen LogP contribution in [-0.4, -0.2) is 20.1 Å². The zero-order valence-corrected chi connectivity index (χ0v) is 9.68. The van der Waals surface area contributed by atoms with Gasteiger partial charge in [0.1, 0.15) is 5.69 Å². The lowest BCUT2D eigenvalue weighted by Gasteiger charge is -1.96. The predicted octanol–water partition coefficient (Wildman–Crippen LogP) is 2.37. The molecule has 0 N–H and O–H groups in total. The van der Waals surface area contributed by atoms with Crippen molar-refractivity contribution in [1.82, 2.24) is 20.1 Å². The number of hydrogen-bond acceptors (Lipinski definition) is 5. The Morgan fingerprint density at radius 2 is 2.33 bits per heavy atom. The fourth-order valence-electron chi connectivity index (χ4n) is 1.06. The van der Waals surface area contributed by atoms with Crippen LogP contribution in [0.4, 0.5) is 0 Å². The third kappa shape index (κ3) is 2.20. The molecule has 0 aliphatic carbocycles. The van der Waals surface area contributed by atoms with E-state index in [4.69, 9.17) is 4.52 Å². The highest BCUT2D eigenvalue weighted by Gasteiger charge is 2.15. The summed E-state index contributed by atoms with van der Waals surface area (Å²) in [7, 11) is 0. The standard InChI is InChI=1S/C9H9BrN4O/c1-2-6(10)9-13-8(14-15-9)7-5-11-3-4-12-7/h3-6H,2H2,1H3. The van der Waals surface area contributed by atoms with Crippen molar-refractivity contribution in [1.29, 1.82) is 0 Å². The van der Waals surface area contributed by atoms with E-state index in [1.165, 1.54) is 0 Å². The van der Waals surface area contributed by atoms with Gasteiger partial charge in [-0.05, 0) is 6.42 Å². The van der Waals surface area contributed by atoms with Gasteiger partial charge in [0.25, 0.3) is 0 Å². The van der Waals surface area contributed by atoms with E-state index in [2.05, 4.69) is 36.0 Å². The second kappa shape index (κ2) is 4.48. The van der Waals surface area contributed by atoms with Crippen LogP contribution in [0.25, 0.3) is 11.5 Å². The van der Waals surface area contributed by atoms with E-state index in [1.54, 1.807) is 18.6 Å². The minimum absolute atomic E-state index is 0.0930. The maximum atomic E-state index is 5.10. The molecule has 0 amide bonds. The van der Waals surface area contributed by atoms with Gasteiger partial charge < -0.3 is 4.52 Å². The molecule has 15 heavy (non-hydrogen) atoms. The lowest BCUT2D eigenvalue weighted by molar-refractivity contribution is 0.376. The Balaban J connectivity index is 2.28. The van der Waals surface area contributed by atoms with Gasteiger partial charge in [-0.25, -0.2) is 4.98 Å². The second-order valence-corrected chi connectivity index (χ2v) is 4.03. The molecule has 2 heterocycles. The summed E-state index contributed by atoms with van der Waals surface area (Å²) in [5.74, 6) is 1.04. The molecule has 0 fully saturated rings. The highest BCUT2D eigenvalue weighted by atomic mass is 79.9. The fourth-order valence-corrected chi connectivity index (χ4v) is 1.24. The molecule has 0 aliphatic heterocycles. The van der Waals surface area contributed by atoms with Crippen molar-refractivity contribution in [3.05, 3.63) is 24.5 Å². The van der Waals surface area contributed by atoms with Gasteiger partial charge in [-0.2, -0.15) is 4.98 Å². The number of alkyl halides is 1. The van der Waals surface area contributed by atoms with Gasteiger partial charge in [-0.15, -0.1) is 0 Å². The van der Waals surface area contributed by atoms with Crippen molar-refractivity contribution >= 4 is 15.9 Å². The van der Waals surface area contributed by atoms with Crippen LogP contribution in [-0.2, 0) is 0 Å². The smallest absolute Gasteiger partial charge is 0.240 e. The Labute approximate surface area is 95.1 Å². The third-order valence-corrected chi connectivity index (χ3v) is 2.90. The summed E-state index contributed by atoms with van der Waals surface area (Å²) in [6, 6.07) is 0. The predicted molar refractivity (Wildman–Crippen MR) is 57.3 cm³/mol. The first-order valence-electron chi connectivity index (χ1n) is 4.55. The molecular weight excluding hydrogens is 260 g/mol. The van der Waals surface area contributed by atoms with Crippen molar-refractivity contribution in [2.24, 2.45) is 0 Å². The maximum absolute atomic E-state index is 5.10. The molecule has 0 saturated heterocycles. The van der Waals surface area contributed by atoms with Crippen molar-refractivity contribution in [2.45, 2.75) is 18.2 Å². The summed E-state index contributed by atoms with van der Waals surface area (Å²) in [6.45, 7) is 2.03. The van der Waals surface area contributed by atoms with E-state index >= 15 is 0 Å². The van der Waals surface area contributed by atoms with E-state index in [0.29, 0.717) is 17.4 Å². The van der Waals surface area contributed by atoms with E-state index in [9.17, 15) is 0 Å². The Bertz CT molecular complexity index is 431. The first kappa shape index (κ1) is 10.2. The number of hydrogen-bond donors (Lipinski definition) is 0. The fraction of sp³-hybridized carbons (Fsp3) is 0.333. The van der Waals surface area contributed by atoms with Crippen LogP contribution in [0, 0.1) is 0 Å². The highest BCUT2D eigenvalue weighted by molar-refractivity contribution is 9.09. The largest absolute Gasteiger partial charge is 0.338 e. The molecule has 0 spiro atoms. The van der Waals surface area contributed by atoms with Gasteiger partial charge in [0, 0.05) is 12.4 Å². The van der Waals surface area contributed by atoms with Crippen molar-refractivity contribution in [3.63, 3.8) is 0 Å². The quantitative estimate of drug-likeness (QED) is 0.800. The molecule has 1 atom stereocenters. The van der Waals surface area contributed by atoms with Crippen molar-refractivity contribution in [2.75, 3.05) is 0 Å². The topological polar surface area (TPSA) is 64.7 Å². The average Bonchev–Trinajstić information content (AvgIpc) is 2.78. The van der Waals surface area contributed by atoms with E-state index < -0.39 is 0 Å². The van der Waals surface area contributed by atoms with E-state index in [-0.39, 0.29) is 4.83 Å². The van der Waals surface area contributed by atoms with Gasteiger partial charge in [-0.3, -0.25) is 4.98 Å². The van der Waals surface area contributed by atoms with Crippen LogP contribution >= 0.6 is 15.9 Å². The van der Waals surface area contributed by atoms with E-state index in [1.807, 2.05) is 6.92 Å². The molecule has 6 heteroatoms. The summed E-state index contributed by atoms with van der Waals surface area (Å²) in [5, 5.41) is 3.84. The Kier molecular flexibility index (Phi) is 3.05. The molecule has 0 saturated carbocycles. The second-order valence-electron chi connectivity index (χ2n) is 2.92. The molecule has 2 rings (SSSR count). The van der Waals surface area contributed by atoms with Crippen molar-refractivity contribution in [3.8, 4) is 11.5 Å². The van der Waals surface area contributed by atoms with Crippen LogP contribution < -0.4 is 0 Å². The summed E-state index contributed by atoms with van der Waals surface area (Å²) >= 11 is 3.44. The minimum Gasteiger partial charge on any atom is -0.338 e. The van der Waals surface area contributed by atoms with Crippen LogP contribution in [0.2, 0.25) is 0 Å². The highest BCUT2D eigenvalue weighted by Crippen LogP contribution is 2.25. The van der Waals surface area contributed by atoms with Gasteiger partial charge in [0.2, 0.25) is 11.7 Å². The van der Waals surface area contributed by atoms with Crippen molar-refractivity contribution < 1.29 is 4.52 Å². The number of aromatic nitrogens is 4. The first-order chi connectivity index (χ1) is 7.31. The molecule has 0 radical (unpaired) electrons. The molecular formula is C9H9BrN4O. The van der Waals surface area contributed by atoms with Crippen LogP contribution in [0.3, 0.4) is 0 Å². The average molecular weight is 269 g/mol. The molecule has 5 nitrogen and oxygen atoms in total. The SMILES string of the molecule is CCC(Br)c1nc(-c2cnccn2)no1. The van der Waals surface area contributed by atoms with Gasteiger partial charge in [-0.1, -0.05) is 28.0 Å². The Hall–Kier alpha value is -1.30. The maximum Gasteiger partial charge on any atom is 0.240 e. The lowest BCUT2D eigenvalue weighted by Crippen LogP contribution is -1.89. The lowest BCUT2D eigenvalue weighted by atomic mass is 10.3. The first-order valence-corrected chi connectivity index (χ1v) is 5.47. The molecule has 78 valence electrons. The molecule has 0 aromatic carbocycles. The number of nitrogens with zero attached hydrogens (tertiary/aromatic N) is 4. The summed E-state index contributed by atoms with van der Waals surface area (Å²) < 4.78 is 5.10. The molecule has 0 bridgehead atoms. The monoisotopic (exact) mass is 268 g/mol. The molecule has 2 aromatic heterocycles.